The minimum Gasteiger partial charge on any atom is -0.485 e. The monoisotopic (exact) mass is 442 g/mol. The number of aryl methyl sites for hydroxylation is 1. The van der Waals surface area contributed by atoms with E-state index in [1.165, 1.54) is 12.1 Å². The molecule has 2 aromatic carbocycles. The van der Waals surface area contributed by atoms with E-state index in [-0.39, 0.29) is 36.0 Å². The molecular formula is C21H20ClFN6O2. The van der Waals surface area contributed by atoms with Crippen molar-refractivity contribution in [1.29, 1.82) is 0 Å². The summed E-state index contributed by atoms with van der Waals surface area (Å²) in [7, 11) is 0. The summed E-state index contributed by atoms with van der Waals surface area (Å²) in [5.41, 5.74) is 7.90. The van der Waals surface area contributed by atoms with Crippen molar-refractivity contribution in [3.05, 3.63) is 58.6 Å². The van der Waals surface area contributed by atoms with E-state index in [4.69, 9.17) is 22.1 Å². The summed E-state index contributed by atoms with van der Waals surface area (Å²) >= 11 is 6.15. The second-order valence-electron chi connectivity index (χ2n) is 7.11. The second-order valence-corrected chi connectivity index (χ2v) is 7.51. The fraction of sp³-hybridized carbons (Fsp3) is 0.238. The highest BCUT2D eigenvalue weighted by molar-refractivity contribution is 6.31. The fourth-order valence-corrected chi connectivity index (χ4v) is 3.39. The Morgan fingerprint density at radius 2 is 2.06 bits per heavy atom. The molecule has 0 atom stereocenters. The molecule has 1 aromatic heterocycles. The van der Waals surface area contributed by atoms with Gasteiger partial charge in [-0.05, 0) is 37.1 Å². The van der Waals surface area contributed by atoms with Crippen molar-refractivity contribution in [2.24, 2.45) is 0 Å². The summed E-state index contributed by atoms with van der Waals surface area (Å²) in [6, 6.07) is 9.62. The quantitative estimate of drug-likeness (QED) is 0.594. The molecule has 1 aliphatic heterocycles. The zero-order valence-electron chi connectivity index (χ0n) is 16.7. The van der Waals surface area contributed by atoms with E-state index in [2.05, 4.69) is 20.3 Å². The molecule has 3 aromatic rings. The van der Waals surface area contributed by atoms with Crippen molar-refractivity contribution in [3.63, 3.8) is 0 Å². The molecule has 160 valence electrons. The van der Waals surface area contributed by atoms with Crippen LogP contribution in [0, 0.1) is 12.7 Å². The Morgan fingerprint density at radius 3 is 2.81 bits per heavy atom. The van der Waals surface area contributed by atoms with Crippen LogP contribution in [-0.2, 0) is 11.4 Å². The van der Waals surface area contributed by atoms with E-state index in [0.717, 1.165) is 12.0 Å². The second kappa shape index (κ2) is 8.73. The third-order valence-corrected chi connectivity index (χ3v) is 5.14. The number of ether oxygens (including phenoxy) is 1. The summed E-state index contributed by atoms with van der Waals surface area (Å²) in [6.07, 6.45) is 1.20. The lowest BCUT2D eigenvalue weighted by Gasteiger charge is -2.17. The molecule has 2 heterocycles. The average Bonchev–Trinajstić information content (AvgIpc) is 3.14. The van der Waals surface area contributed by atoms with Crippen LogP contribution in [0.25, 0.3) is 0 Å². The molecule has 0 saturated carbocycles. The molecule has 0 radical (unpaired) electrons. The number of amides is 1. The maximum atomic E-state index is 14.1. The highest BCUT2D eigenvalue weighted by Gasteiger charge is 2.22. The normalized spacial score (nSPS) is 13.5. The molecule has 10 heteroatoms. The van der Waals surface area contributed by atoms with Crippen molar-refractivity contribution >= 4 is 40.8 Å². The number of nitrogens with zero attached hydrogens (tertiary/aromatic N) is 4. The molecule has 0 spiro atoms. The zero-order valence-corrected chi connectivity index (χ0v) is 17.5. The number of halogens is 2. The first-order valence-electron chi connectivity index (χ1n) is 9.65. The van der Waals surface area contributed by atoms with Gasteiger partial charge in [0.25, 0.3) is 0 Å². The lowest BCUT2D eigenvalue weighted by Crippen LogP contribution is -2.23. The lowest BCUT2D eigenvalue weighted by molar-refractivity contribution is -0.117. The Bertz CT molecular complexity index is 1140. The van der Waals surface area contributed by atoms with Crippen LogP contribution in [0.4, 0.5) is 27.7 Å². The van der Waals surface area contributed by atoms with Crippen LogP contribution >= 0.6 is 11.6 Å². The molecule has 3 N–H and O–H groups in total. The van der Waals surface area contributed by atoms with Gasteiger partial charge in [0.15, 0.2) is 5.82 Å². The Kier molecular flexibility index (Phi) is 5.85. The smallest absolute Gasteiger partial charge is 0.232 e. The molecule has 1 amide bonds. The Hall–Kier alpha value is -3.46. The Labute approximate surface area is 183 Å². The average molecular weight is 443 g/mol. The Morgan fingerprint density at radius 1 is 1.23 bits per heavy atom. The van der Waals surface area contributed by atoms with E-state index in [0.29, 0.717) is 29.4 Å². The lowest BCUT2D eigenvalue weighted by atomic mass is 10.2. The zero-order chi connectivity index (χ0) is 22.0. The van der Waals surface area contributed by atoms with Crippen LogP contribution in [-0.4, -0.2) is 27.4 Å². The minimum absolute atomic E-state index is 0.0110. The van der Waals surface area contributed by atoms with Crippen LogP contribution in [0.5, 0.6) is 5.75 Å². The summed E-state index contributed by atoms with van der Waals surface area (Å²) in [5, 5.41) is 3.63. The van der Waals surface area contributed by atoms with Crippen LogP contribution in [0.1, 0.15) is 24.2 Å². The van der Waals surface area contributed by atoms with Gasteiger partial charge >= 0.3 is 0 Å². The highest BCUT2D eigenvalue weighted by Crippen LogP contribution is 2.27. The molecule has 0 bridgehead atoms. The van der Waals surface area contributed by atoms with Gasteiger partial charge < -0.3 is 20.7 Å². The summed E-state index contributed by atoms with van der Waals surface area (Å²) in [6.45, 7) is 2.40. The summed E-state index contributed by atoms with van der Waals surface area (Å²) < 4.78 is 19.7. The molecule has 1 saturated heterocycles. The van der Waals surface area contributed by atoms with Crippen molar-refractivity contribution in [2.45, 2.75) is 26.4 Å². The van der Waals surface area contributed by atoms with Crippen LogP contribution in [0.15, 0.2) is 36.4 Å². The van der Waals surface area contributed by atoms with Gasteiger partial charge in [-0.25, -0.2) is 4.39 Å². The molecule has 0 unspecified atom stereocenters. The minimum atomic E-state index is -0.499. The molecule has 8 nitrogen and oxygen atoms in total. The van der Waals surface area contributed by atoms with Crippen molar-refractivity contribution in [2.75, 3.05) is 22.5 Å². The fourth-order valence-electron chi connectivity index (χ4n) is 3.21. The predicted octanol–water partition coefficient (Wildman–Crippen LogP) is 4.00. The molecule has 0 aliphatic carbocycles. The van der Waals surface area contributed by atoms with E-state index in [1.54, 1.807) is 17.0 Å². The SMILES string of the molecule is Cc1ccc(Nc2nc(N)nc(COc3cc(F)cc(N4CCCC4=O)c3)n2)cc1Cl. The number of rotatable bonds is 6. The third-order valence-electron chi connectivity index (χ3n) is 4.74. The van der Waals surface area contributed by atoms with Crippen molar-refractivity contribution < 1.29 is 13.9 Å². The molecule has 1 fully saturated rings. The number of aromatic nitrogens is 3. The van der Waals surface area contributed by atoms with E-state index < -0.39 is 5.82 Å². The van der Waals surface area contributed by atoms with E-state index >= 15 is 0 Å². The number of nitrogens with one attached hydrogen (secondary N) is 1. The van der Waals surface area contributed by atoms with Gasteiger partial charge in [0, 0.05) is 35.8 Å². The number of hydrogen-bond acceptors (Lipinski definition) is 7. The van der Waals surface area contributed by atoms with Gasteiger partial charge in [-0.15, -0.1) is 0 Å². The van der Waals surface area contributed by atoms with E-state index in [1.807, 2.05) is 19.1 Å². The number of carbonyl (C=O) groups excluding carboxylic acids is 1. The molecule has 1 aliphatic rings. The first kappa shape index (κ1) is 20.8. The molecular weight excluding hydrogens is 423 g/mol. The maximum absolute atomic E-state index is 14.1. The van der Waals surface area contributed by atoms with Crippen molar-refractivity contribution in [1.82, 2.24) is 15.0 Å². The van der Waals surface area contributed by atoms with Crippen molar-refractivity contribution in [3.8, 4) is 5.75 Å². The standard InChI is InChI=1S/C21H20ClFN6O2/c1-12-4-5-14(9-17(12)22)25-21-27-18(26-20(24)28-21)11-31-16-8-13(23)7-15(10-16)29-6-2-3-19(29)30/h4-5,7-10H,2-3,6,11H2,1H3,(H3,24,25,26,27,28). The summed E-state index contributed by atoms with van der Waals surface area (Å²) in [4.78, 5) is 25.9. The van der Waals surface area contributed by atoms with Gasteiger partial charge in [0.05, 0.1) is 5.69 Å². The number of nitrogens with two attached hydrogens (primary N) is 1. The van der Waals surface area contributed by atoms with Gasteiger partial charge in [-0.1, -0.05) is 17.7 Å². The maximum Gasteiger partial charge on any atom is 0.232 e. The highest BCUT2D eigenvalue weighted by atomic mass is 35.5. The van der Waals surface area contributed by atoms with Crippen LogP contribution in [0.3, 0.4) is 0 Å². The molecule has 31 heavy (non-hydrogen) atoms. The Balaban J connectivity index is 1.49. The van der Waals surface area contributed by atoms with Crippen LogP contribution < -0.4 is 20.7 Å². The topological polar surface area (TPSA) is 106 Å². The first-order chi connectivity index (χ1) is 14.9. The van der Waals surface area contributed by atoms with Gasteiger partial charge in [-0.3, -0.25) is 4.79 Å². The first-order valence-corrected chi connectivity index (χ1v) is 10.0. The van der Waals surface area contributed by atoms with E-state index in [9.17, 15) is 9.18 Å². The van der Waals surface area contributed by atoms with Gasteiger partial charge in [-0.2, -0.15) is 15.0 Å². The number of anilines is 4. The number of hydrogen-bond donors (Lipinski definition) is 2. The van der Waals surface area contributed by atoms with Crippen LogP contribution in [0.2, 0.25) is 5.02 Å². The number of benzene rings is 2. The summed E-state index contributed by atoms with van der Waals surface area (Å²) in [5.74, 6) is 0.227. The largest absolute Gasteiger partial charge is 0.485 e. The number of carbonyl (C=O) groups is 1. The molecule has 4 rings (SSSR count). The van der Waals surface area contributed by atoms with Gasteiger partial charge in [0.2, 0.25) is 17.8 Å². The third kappa shape index (κ3) is 5.00. The predicted molar refractivity (Wildman–Crippen MR) is 116 cm³/mol. The number of nitrogen functional groups attached to an aromatic ring is 1. The van der Waals surface area contributed by atoms with Gasteiger partial charge in [0.1, 0.15) is 18.2 Å².